The molecule has 0 N–H and O–H groups in total. The molecule has 0 fully saturated rings. The second-order valence-electron chi connectivity index (χ2n) is 5.06. The van der Waals surface area contributed by atoms with E-state index in [4.69, 9.17) is 9.47 Å². The van der Waals surface area contributed by atoms with Gasteiger partial charge in [-0.15, -0.1) is 0 Å². The molecule has 3 rings (SSSR count). The molecule has 1 heterocycles. The molecule has 0 saturated heterocycles. The quantitative estimate of drug-likeness (QED) is 0.665. The molecule has 0 radical (unpaired) electrons. The van der Waals surface area contributed by atoms with E-state index in [0.717, 1.165) is 38.1 Å². The largest absolute Gasteiger partial charge is 0.497 e. The van der Waals surface area contributed by atoms with E-state index >= 15 is 0 Å². The van der Waals surface area contributed by atoms with Crippen molar-refractivity contribution in [1.29, 1.82) is 0 Å². The summed E-state index contributed by atoms with van der Waals surface area (Å²) in [5.41, 5.74) is 2.98. The zero-order valence-electron chi connectivity index (χ0n) is 12.5. The van der Waals surface area contributed by atoms with Crippen molar-refractivity contribution >= 4 is 26.8 Å². The van der Waals surface area contributed by atoms with E-state index in [1.807, 2.05) is 55.5 Å². The van der Waals surface area contributed by atoms with Crippen molar-refractivity contribution in [2.45, 2.75) is 13.5 Å². The number of hydrogen-bond acceptors (Lipinski definition) is 3. The summed E-state index contributed by atoms with van der Waals surface area (Å²) >= 11 is 3.50. The zero-order valence-corrected chi connectivity index (χ0v) is 14.1. The highest BCUT2D eigenvalue weighted by Crippen LogP contribution is 2.29. The number of hydrogen-bond donors (Lipinski definition) is 0. The van der Waals surface area contributed by atoms with Gasteiger partial charge < -0.3 is 9.47 Å². The van der Waals surface area contributed by atoms with Crippen molar-refractivity contribution < 1.29 is 9.47 Å². The molecule has 0 amide bonds. The maximum absolute atomic E-state index is 6.01. The summed E-state index contributed by atoms with van der Waals surface area (Å²) in [5, 5.41) is 1.01. The van der Waals surface area contributed by atoms with Gasteiger partial charge in [0.05, 0.1) is 12.6 Å². The molecule has 0 unspecified atom stereocenters. The minimum absolute atomic E-state index is 0.509. The Labute approximate surface area is 138 Å². The first-order chi connectivity index (χ1) is 10.7. The number of rotatable bonds is 4. The molecule has 2 aromatic carbocycles. The van der Waals surface area contributed by atoms with Gasteiger partial charge in [-0.25, -0.2) is 0 Å². The van der Waals surface area contributed by atoms with Crippen molar-refractivity contribution in [2.24, 2.45) is 0 Å². The van der Waals surface area contributed by atoms with Crippen LogP contribution in [0.5, 0.6) is 11.5 Å². The fraction of sp³-hybridized carbons (Fsp3) is 0.167. The molecule has 112 valence electrons. The molecule has 0 aliphatic carbocycles. The predicted octanol–water partition coefficient (Wildman–Crippen LogP) is 4.89. The van der Waals surface area contributed by atoms with E-state index in [2.05, 4.69) is 20.9 Å². The third-order valence-electron chi connectivity index (χ3n) is 3.41. The molecule has 0 bridgehead atoms. The number of benzene rings is 2. The van der Waals surface area contributed by atoms with Crippen LogP contribution in [0.3, 0.4) is 0 Å². The van der Waals surface area contributed by atoms with Gasteiger partial charge in [-0.1, -0.05) is 28.1 Å². The minimum Gasteiger partial charge on any atom is -0.497 e. The average molecular weight is 358 g/mol. The van der Waals surface area contributed by atoms with Crippen LogP contribution in [0.2, 0.25) is 0 Å². The molecule has 4 heteroatoms. The van der Waals surface area contributed by atoms with Gasteiger partial charge in [0, 0.05) is 21.6 Å². The lowest BCUT2D eigenvalue weighted by atomic mass is 10.2. The Bertz CT molecular complexity index is 800. The van der Waals surface area contributed by atoms with Crippen LogP contribution in [0, 0.1) is 6.92 Å². The number of methoxy groups -OCH3 is 1. The Kier molecular flexibility index (Phi) is 4.29. The highest BCUT2D eigenvalue weighted by Gasteiger charge is 2.06. The van der Waals surface area contributed by atoms with Crippen LogP contribution in [0.4, 0.5) is 0 Å². The Morgan fingerprint density at radius 1 is 1.05 bits per heavy atom. The number of ether oxygens (including phenoxy) is 2. The summed E-state index contributed by atoms with van der Waals surface area (Å²) in [4.78, 5) is 4.54. The first-order valence-electron chi connectivity index (χ1n) is 6.98. The minimum atomic E-state index is 0.509. The van der Waals surface area contributed by atoms with E-state index in [1.165, 1.54) is 0 Å². The molecule has 0 aliphatic rings. The van der Waals surface area contributed by atoms with Crippen LogP contribution < -0.4 is 9.47 Å². The summed E-state index contributed by atoms with van der Waals surface area (Å²) in [6.45, 7) is 2.48. The maximum Gasteiger partial charge on any atom is 0.131 e. The first kappa shape index (κ1) is 14.9. The first-order valence-corrected chi connectivity index (χ1v) is 7.77. The van der Waals surface area contributed by atoms with Crippen LogP contribution in [-0.2, 0) is 6.61 Å². The molecule has 0 atom stereocenters. The molecule has 0 saturated carbocycles. The van der Waals surface area contributed by atoms with Crippen molar-refractivity contribution in [3.05, 3.63) is 64.3 Å². The molecule has 3 aromatic rings. The second kappa shape index (κ2) is 6.36. The van der Waals surface area contributed by atoms with Gasteiger partial charge in [-0.05, 0) is 42.8 Å². The zero-order chi connectivity index (χ0) is 15.5. The molecular weight excluding hydrogens is 342 g/mol. The summed E-state index contributed by atoms with van der Waals surface area (Å²) < 4.78 is 12.2. The summed E-state index contributed by atoms with van der Waals surface area (Å²) in [6.07, 6.45) is 0. The van der Waals surface area contributed by atoms with Gasteiger partial charge in [0.25, 0.3) is 0 Å². The predicted molar refractivity (Wildman–Crippen MR) is 91.5 cm³/mol. The van der Waals surface area contributed by atoms with Gasteiger partial charge >= 0.3 is 0 Å². The lowest BCUT2D eigenvalue weighted by Gasteiger charge is -2.11. The number of nitrogens with zero attached hydrogens (tertiary/aromatic N) is 1. The van der Waals surface area contributed by atoms with E-state index in [-0.39, 0.29) is 0 Å². The monoisotopic (exact) mass is 357 g/mol. The highest BCUT2D eigenvalue weighted by molar-refractivity contribution is 9.10. The van der Waals surface area contributed by atoms with Crippen molar-refractivity contribution in [3.8, 4) is 11.5 Å². The Balaban J connectivity index is 1.87. The van der Waals surface area contributed by atoms with Gasteiger partial charge in [0.15, 0.2) is 0 Å². The van der Waals surface area contributed by atoms with Gasteiger partial charge in [0.1, 0.15) is 18.1 Å². The SMILES string of the molecule is COc1ccc(COc2cc(C)nc3ccc(Br)cc23)cc1. The molecule has 1 aromatic heterocycles. The standard InChI is InChI=1S/C18H16BrNO2/c1-12-9-18(16-10-14(19)5-8-17(16)20-12)22-11-13-3-6-15(21-2)7-4-13/h3-10H,11H2,1-2H3. The van der Waals surface area contributed by atoms with Crippen molar-refractivity contribution in [2.75, 3.05) is 7.11 Å². The highest BCUT2D eigenvalue weighted by atomic mass is 79.9. The van der Waals surface area contributed by atoms with Crippen molar-refractivity contribution in [3.63, 3.8) is 0 Å². The van der Waals surface area contributed by atoms with Crippen LogP contribution in [0.15, 0.2) is 53.0 Å². The van der Waals surface area contributed by atoms with E-state index in [9.17, 15) is 0 Å². The molecule has 3 nitrogen and oxygen atoms in total. The van der Waals surface area contributed by atoms with Crippen LogP contribution in [0.25, 0.3) is 10.9 Å². The van der Waals surface area contributed by atoms with Crippen LogP contribution >= 0.6 is 15.9 Å². The lowest BCUT2D eigenvalue weighted by molar-refractivity contribution is 0.309. The van der Waals surface area contributed by atoms with Gasteiger partial charge in [0.2, 0.25) is 0 Å². The third-order valence-corrected chi connectivity index (χ3v) is 3.91. The number of halogens is 1. The Morgan fingerprint density at radius 3 is 2.55 bits per heavy atom. The average Bonchev–Trinajstić information content (AvgIpc) is 2.53. The van der Waals surface area contributed by atoms with Crippen LogP contribution in [0.1, 0.15) is 11.3 Å². The number of aryl methyl sites for hydroxylation is 1. The van der Waals surface area contributed by atoms with E-state index < -0.39 is 0 Å². The summed E-state index contributed by atoms with van der Waals surface area (Å²) in [5.74, 6) is 1.69. The van der Waals surface area contributed by atoms with E-state index in [1.54, 1.807) is 7.11 Å². The fourth-order valence-electron chi connectivity index (χ4n) is 2.30. The summed E-state index contributed by atoms with van der Waals surface area (Å²) in [7, 11) is 1.66. The van der Waals surface area contributed by atoms with Crippen LogP contribution in [-0.4, -0.2) is 12.1 Å². The Morgan fingerprint density at radius 2 is 1.82 bits per heavy atom. The lowest BCUT2D eigenvalue weighted by Crippen LogP contribution is -1.98. The van der Waals surface area contributed by atoms with Crippen molar-refractivity contribution in [1.82, 2.24) is 4.98 Å². The molecule has 0 spiro atoms. The van der Waals surface area contributed by atoms with Gasteiger partial charge in [-0.2, -0.15) is 0 Å². The second-order valence-corrected chi connectivity index (χ2v) is 5.98. The third kappa shape index (κ3) is 3.22. The number of pyridine rings is 1. The topological polar surface area (TPSA) is 31.4 Å². The maximum atomic E-state index is 6.01. The normalized spacial score (nSPS) is 10.7. The number of fused-ring (bicyclic) bond motifs is 1. The van der Waals surface area contributed by atoms with E-state index in [0.29, 0.717) is 6.61 Å². The molecule has 0 aliphatic heterocycles. The Hall–Kier alpha value is -2.07. The molecule has 22 heavy (non-hydrogen) atoms. The smallest absolute Gasteiger partial charge is 0.131 e. The fourth-order valence-corrected chi connectivity index (χ4v) is 2.66. The summed E-state index contributed by atoms with van der Waals surface area (Å²) in [6, 6.07) is 15.9. The van der Waals surface area contributed by atoms with Gasteiger partial charge in [-0.3, -0.25) is 4.98 Å². The number of aromatic nitrogens is 1. The molecular formula is C18H16BrNO2.